The molecule has 2 aliphatic rings. The van der Waals surface area contributed by atoms with Crippen molar-refractivity contribution in [2.45, 2.75) is 27.7 Å². The van der Waals surface area contributed by atoms with E-state index in [0.29, 0.717) is 34.4 Å². The smallest absolute Gasteiger partial charge is 0.227 e. The number of likely N-dealkylation sites (N-methyl/N-ethyl adjacent to an activating group) is 2. The molecule has 2 fully saturated rings. The topological polar surface area (TPSA) is 65.6 Å². The molecular formula is C30H46Cl2N4O4. The summed E-state index contributed by atoms with van der Waals surface area (Å²) in [4.78, 5) is 32.7. The number of hydrogen-bond donors (Lipinski definition) is 0. The maximum atomic E-state index is 12.3. The van der Waals surface area contributed by atoms with E-state index in [9.17, 15) is 9.59 Å². The minimum Gasteiger partial charge on any atom is -0.493 e. The lowest BCUT2D eigenvalue weighted by atomic mass is 10.1. The SMILES string of the molecule is C.C.CN1CCN(C(=O)Cc2ccc(Cl)c(Cl)c2)CC1.COc1ccc(CC(=O)N2CCN(C)CC2)cc1OC. The van der Waals surface area contributed by atoms with Gasteiger partial charge in [-0.2, -0.15) is 0 Å². The molecule has 0 aromatic heterocycles. The maximum absolute atomic E-state index is 12.3. The third kappa shape index (κ3) is 10.5. The molecule has 2 aromatic carbocycles. The van der Waals surface area contributed by atoms with Crippen molar-refractivity contribution in [3.63, 3.8) is 0 Å². The Bertz CT molecular complexity index is 1090. The van der Waals surface area contributed by atoms with Crippen LogP contribution in [-0.2, 0) is 22.4 Å². The molecule has 0 radical (unpaired) electrons. The van der Waals surface area contributed by atoms with Gasteiger partial charge >= 0.3 is 0 Å². The molecule has 2 aliphatic heterocycles. The Kier molecular flexibility index (Phi) is 15.4. The summed E-state index contributed by atoms with van der Waals surface area (Å²) in [6.07, 6.45) is 0.796. The van der Waals surface area contributed by atoms with Crippen LogP contribution >= 0.6 is 23.2 Å². The van der Waals surface area contributed by atoms with Gasteiger partial charge in [0.05, 0.1) is 37.1 Å². The molecule has 0 unspecified atom stereocenters. The van der Waals surface area contributed by atoms with Gasteiger partial charge in [0.15, 0.2) is 11.5 Å². The Balaban J connectivity index is 0.000000383. The number of rotatable bonds is 6. The summed E-state index contributed by atoms with van der Waals surface area (Å²) in [5.41, 5.74) is 1.86. The van der Waals surface area contributed by atoms with Crippen LogP contribution in [0.4, 0.5) is 0 Å². The van der Waals surface area contributed by atoms with Crippen LogP contribution in [0.15, 0.2) is 36.4 Å². The van der Waals surface area contributed by atoms with Crippen molar-refractivity contribution in [2.24, 2.45) is 0 Å². The van der Waals surface area contributed by atoms with Crippen LogP contribution in [0.3, 0.4) is 0 Å². The van der Waals surface area contributed by atoms with Gasteiger partial charge in [0.25, 0.3) is 0 Å². The third-order valence-electron chi connectivity index (χ3n) is 6.85. The van der Waals surface area contributed by atoms with Crippen LogP contribution in [-0.4, -0.2) is 112 Å². The van der Waals surface area contributed by atoms with Crippen molar-refractivity contribution in [2.75, 3.05) is 80.7 Å². The molecular weight excluding hydrogens is 551 g/mol. The number of carbonyl (C=O) groups excluding carboxylic acids is 2. The lowest BCUT2D eigenvalue weighted by molar-refractivity contribution is -0.132. The predicted octanol–water partition coefficient (Wildman–Crippen LogP) is 4.60. The molecule has 4 rings (SSSR count). The summed E-state index contributed by atoms with van der Waals surface area (Å²) in [6, 6.07) is 11.0. The van der Waals surface area contributed by atoms with Crippen molar-refractivity contribution in [1.82, 2.24) is 19.6 Å². The largest absolute Gasteiger partial charge is 0.493 e. The van der Waals surface area contributed by atoms with Crippen LogP contribution in [0.2, 0.25) is 10.0 Å². The van der Waals surface area contributed by atoms with Crippen LogP contribution in [0, 0.1) is 0 Å². The Hall–Kier alpha value is -2.52. The van der Waals surface area contributed by atoms with Crippen molar-refractivity contribution in [3.05, 3.63) is 57.6 Å². The van der Waals surface area contributed by atoms with Crippen LogP contribution < -0.4 is 9.47 Å². The summed E-state index contributed by atoms with van der Waals surface area (Å²) in [5, 5.41) is 1.02. The van der Waals surface area contributed by atoms with E-state index in [-0.39, 0.29) is 26.7 Å². The van der Waals surface area contributed by atoms with Crippen molar-refractivity contribution in [1.29, 1.82) is 0 Å². The van der Waals surface area contributed by atoms with E-state index >= 15 is 0 Å². The fraction of sp³-hybridized carbons (Fsp3) is 0.533. The first kappa shape index (κ1) is 35.5. The Morgan fingerprint density at radius 2 is 1.07 bits per heavy atom. The van der Waals surface area contributed by atoms with Gasteiger partial charge in [0.2, 0.25) is 11.8 Å². The van der Waals surface area contributed by atoms with Crippen LogP contribution in [0.1, 0.15) is 26.0 Å². The third-order valence-corrected chi connectivity index (χ3v) is 7.59. The monoisotopic (exact) mass is 596 g/mol. The predicted molar refractivity (Wildman–Crippen MR) is 165 cm³/mol. The first-order valence-electron chi connectivity index (χ1n) is 12.8. The summed E-state index contributed by atoms with van der Waals surface area (Å²) < 4.78 is 10.5. The van der Waals surface area contributed by atoms with Gasteiger partial charge in [0.1, 0.15) is 0 Å². The number of ether oxygens (including phenoxy) is 2. The van der Waals surface area contributed by atoms with E-state index < -0.39 is 0 Å². The molecule has 40 heavy (non-hydrogen) atoms. The Labute approximate surface area is 250 Å². The first-order chi connectivity index (χ1) is 18.2. The number of methoxy groups -OCH3 is 2. The molecule has 0 aliphatic carbocycles. The van der Waals surface area contributed by atoms with Gasteiger partial charge in [-0.05, 0) is 49.5 Å². The second kappa shape index (κ2) is 17.3. The van der Waals surface area contributed by atoms with E-state index in [1.807, 2.05) is 34.1 Å². The fourth-order valence-corrected chi connectivity index (χ4v) is 4.65. The summed E-state index contributed by atoms with van der Waals surface area (Å²) in [7, 11) is 7.35. The van der Waals surface area contributed by atoms with Crippen molar-refractivity contribution >= 4 is 35.0 Å². The van der Waals surface area contributed by atoms with E-state index in [1.165, 1.54) is 0 Å². The van der Waals surface area contributed by atoms with Gasteiger partial charge in [-0.3, -0.25) is 9.59 Å². The number of piperazine rings is 2. The molecule has 10 heteroatoms. The number of benzene rings is 2. The zero-order valence-corrected chi connectivity index (χ0v) is 24.2. The van der Waals surface area contributed by atoms with E-state index in [1.54, 1.807) is 26.4 Å². The first-order valence-corrected chi connectivity index (χ1v) is 13.5. The number of halogens is 2. The Morgan fingerprint density at radius 1 is 0.650 bits per heavy atom. The summed E-state index contributed by atoms with van der Waals surface area (Å²) in [6.45, 7) is 6.98. The number of amides is 2. The number of nitrogens with zero attached hydrogens (tertiary/aromatic N) is 4. The molecule has 0 spiro atoms. The molecule has 8 nitrogen and oxygen atoms in total. The molecule has 224 valence electrons. The van der Waals surface area contributed by atoms with E-state index in [4.69, 9.17) is 32.7 Å². The normalized spacial score (nSPS) is 15.7. The zero-order chi connectivity index (χ0) is 27.7. The molecule has 0 atom stereocenters. The standard InChI is InChI=1S/C15H22N2O3.C13H16Cl2N2O.2CH4/c1-16-6-8-17(9-7-16)15(18)11-12-4-5-13(19-2)14(10-12)20-3;1-16-4-6-17(7-5-16)13(18)9-10-2-3-11(14)12(15)8-10;;/h4-5,10H,6-9,11H2,1-3H3;2-3,8H,4-7,9H2,1H3;2*1H4. The zero-order valence-electron chi connectivity index (χ0n) is 22.7. The molecule has 2 aromatic rings. The molecule has 2 saturated heterocycles. The van der Waals surface area contributed by atoms with Crippen molar-refractivity contribution in [3.8, 4) is 11.5 Å². The molecule has 2 heterocycles. The van der Waals surface area contributed by atoms with Gasteiger partial charge in [-0.15, -0.1) is 0 Å². The van der Waals surface area contributed by atoms with Gasteiger partial charge in [-0.25, -0.2) is 0 Å². The number of hydrogen-bond acceptors (Lipinski definition) is 6. The van der Waals surface area contributed by atoms with Gasteiger partial charge < -0.3 is 29.1 Å². The molecule has 0 saturated carbocycles. The average molecular weight is 598 g/mol. The van der Waals surface area contributed by atoms with Crippen LogP contribution in [0.25, 0.3) is 0 Å². The maximum Gasteiger partial charge on any atom is 0.227 e. The highest BCUT2D eigenvalue weighted by Crippen LogP contribution is 2.28. The minimum absolute atomic E-state index is 0. The fourth-order valence-electron chi connectivity index (χ4n) is 4.32. The van der Waals surface area contributed by atoms with Gasteiger partial charge in [0, 0.05) is 52.4 Å². The lowest BCUT2D eigenvalue weighted by Gasteiger charge is -2.32. The Morgan fingerprint density at radius 3 is 1.50 bits per heavy atom. The molecule has 0 N–H and O–H groups in total. The second-order valence-corrected chi connectivity index (χ2v) is 10.5. The lowest BCUT2D eigenvalue weighted by Crippen LogP contribution is -2.47. The quantitative estimate of drug-likeness (QED) is 0.485. The van der Waals surface area contributed by atoms with E-state index in [2.05, 4.69) is 23.9 Å². The molecule has 2 amide bonds. The van der Waals surface area contributed by atoms with Gasteiger partial charge in [-0.1, -0.05) is 50.2 Å². The number of carbonyl (C=O) groups is 2. The highest BCUT2D eigenvalue weighted by Gasteiger charge is 2.20. The van der Waals surface area contributed by atoms with Crippen molar-refractivity contribution < 1.29 is 19.1 Å². The second-order valence-electron chi connectivity index (χ2n) is 9.66. The summed E-state index contributed by atoms with van der Waals surface area (Å²) >= 11 is 11.8. The minimum atomic E-state index is 0. The van der Waals surface area contributed by atoms with E-state index in [0.717, 1.165) is 63.5 Å². The summed E-state index contributed by atoms with van der Waals surface area (Å²) in [5.74, 6) is 1.67. The average Bonchev–Trinajstić information content (AvgIpc) is 2.91. The van der Waals surface area contributed by atoms with Crippen LogP contribution in [0.5, 0.6) is 11.5 Å². The highest BCUT2D eigenvalue weighted by atomic mass is 35.5. The highest BCUT2D eigenvalue weighted by molar-refractivity contribution is 6.42. The molecule has 0 bridgehead atoms.